The van der Waals surface area contributed by atoms with Gasteiger partial charge in [-0.15, -0.1) is 0 Å². The minimum absolute atomic E-state index is 0.161. The SMILES string of the molecule is CN1CCOC2(CCN(I)C2)C1. The number of ether oxygens (including phenoxy) is 1. The molecule has 2 aliphatic rings. The van der Waals surface area contributed by atoms with Crippen LogP contribution in [0.4, 0.5) is 0 Å². The topological polar surface area (TPSA) is 15.7 Å². The van der Waals surface area contributed by atoms with Crippen LogP contribution in [-0.2, 0) is 4.74 Å². The third kappa shape index (κ3) is 1.76. The summed E-state index contributed by atoms with van der Waals surface area (Å²) < 4.78 is 8.21. The van der Waals surface area contributed by atoms with E-state index >= 15 is 0 Å². The second-order valence-electron chi connectivity index (χ2n) is 3.86. The molecule has 2 rings (SSSR count). The van der Waals surface area contributed by atoms with E-state index in [9.17, 15) is 0 Å². The van der Waals surface area contributed by atoms with Gasteiger partial charge in [0.25, 0.3) is 0 Å². The number of morpholine rings is 1. The number of hydrogen-bond donors (Lipinski definition) is 0. The highest BCUT2D eigenvalue weighted by Crippen LogP contribution is 2.30. The Hall–Kier alpha value is 0.610. The second-order valence-corrected chi connectivity index (χ2v) is 5.23. The predicted octanol–water partition coefficient (Wildman–Crippen LogP) is 0.743. The van der Waals surface area contributed by atoms with Crippen LogP contribution in [0.1, 0.15) is 6.42 Å². The Morgan fingerprint density at radius 3 is 2.75 bits per heavy atom. The lowest BCUT2D eigenvalue weighted by Gasteiger charge is -2.38. The van der Waals surface area contributed by atoms with E-state index in [-0.39, 0.29) is 5.60 Å². The van der Waals surface area contributed by atoms with Crippen LogP contribution in [0, 0.1) is 0 Å². The first-order valence-corrected chi connectivity index (χ1v) is 5.40. The molecule has 2 saturated heterocycles. The zero-order chi connectivity index (χ0) is 8.60. The van der Waals surface area contributed by atoms with Crippen LogP contribution >= 0.6 is 22.9 Å². The molecule has 2 aliphatic heterocycles. The summed E-state index contributed by atoms with van der Waals surface area (Å²) in [6.07, 6.45) is 1.19. The van der Waals surface area contributed by atoms with Crippen LogP contribution in [-0.4, -0.2) is 53.4 Å². The molecular weight excluding hydrogens is 267 g/mol. The van der Waals surface area contributed by atoms with Gasteiger partial charge in [0.15, 0.2) is 0 Å². The maximum Gasteiger partial charge on any atom is 0.0955 e. The minimum Gasteiger partial charge on any atom is -0.371 e. The molecule has 4 heteroatoms. The lowest BCUT2D eigenvalue weighted by molar-refractivity contribution is -0.0915. The fraction of sp³-hybridized carbons (Fsp3) is 1.00. The molecule has 0 N–H and O–H groups in total. The Morgan fingerprint density at radius 1 is 1.33 bits per heavy atom. The van der Waals surface area contributed by atoms with Crippen molar-refractivity contribution in [3.8, 4) is 0 Å². The van der Waals surface area contributed by atoms with Gasteiger partial charge in [-0.25, -0.2) is 3.11 Å². The van der Waals surface area contributed by atoms with Crippen LogP contribution < -0.4 is 0 Å². The Balaban J connectivity index is 2.00. The summed E-state index contributed by atoms with van der Waals surface area (Å²) in [6, 6.07) is 0. The molecular formula is C8H15IN2O. The highest BCUT2D eigenvalue weighted by molar-refractivity contribution is 14.1. The zero-order valence-corrected chi connectivity index (χ0v) is 9.58. The maximum absolute atomic E-state index is 5.88. The maximum atomic E-state index is 5.88. The van der Waals surface area contributed by atoms with E-state index in [2.05, 4.69) is 37.9 Å². The fourth-order valence-corrected chi connectivity index (χ4v) is 2.94. The molecule has 70 valence electrons. The summed E-state index contributed by atoms with van der Waals surface area (Å²) in [5.74, 6) is 0. The smallest absolute Gasteiger partial charge is 0.0955 e. The van der Waals surface area contributed by atoms with E-state index in [0.717, 1.165) is 26.2 Å². The molecule has 0 amide bonds. The van der Waals surface area contributed by atoms with Crippen LogP contribution in [0.3, 0.4) is 0 Å². The van der Waals surface area contributed by atoms with Crippen molar-refractivity contribution in [3.63, 3.8) is 0 Å². The molecule has 0 aromatic rings. The van der Waals surface area contributed by atoms with E-state index in [1.165, 1.54) is 13.0 Å². The van der Waals surface area contributed by atoms with Crippen molar-refractivity contribution < 1.29 is 4.74 Å². The molecule has 1 unspecified atom stereocenters. The van der Waals surface area contributed by atoms with Gasteiger partial charge in [0, 0.05) is 49.0 Å². The molecule has 0 bridgehead atoms. The number of halogens is 1. The third-order valence-corrected chi connectivity index (χ3v) is 3.53. The van der Waals surface area contributed by atoms with Gasteiger partial charge in [0.05, 0.1) is 12.2 Å². The Labute approximate surface area is 87.5 Å². The number of nitrogens with zero attached hydrogens (tertiary/aromatic N) is 2. The van der Waals surface area contributed by atoms with Crippen molar-refractivity contribution in [2.45, 2.75) is 12.0 Å². The number of rotatable bonds is 0. The molecule has 0 saturated carbocycles. The molecule has 0 aliphatic carbocycles. The fourth-order valence-electron chi connectivity index (χ4n) is 2.08. The molecule has 2 fully saturated rings. The third-order valence-electron chi connectivity index (χ3n) is 2.71. The van der Waals surface area contributed by atoms with Crippen molar-refractivity contribution >= 4 is 22.9 Å². The van der Waals surface area contributed by atoms with Gasteiger partial charge in [0.2, 0.25) is 0 Å². The molecule has 12 heavy (non-hydrogen) atoms. The Morgan fingerprint density at radius 2 is 2.17 bits per heavy atom. The van der Waals surface area contributed by atoms with Gasteiger partial charge < -0.3 is 9.64 Å². The lowest BCUT2D eigenvalue weighted by Crippen LogP contribution is -2.51. The van der Waals surface area contributed by atoms with Crippen LogP contribution in [0.2, 0.25) is 0 Å². The molecule has 0 aromatic heterocycles. The van der Waals surface area contributed by atoms with Crippen molar-refractivity contribution in [2.75, 3.05) is 39.8 Å². The van der Waals surface area contributed by atoms with Crippen molar-refractivity contribution in [1.82, 2.24) is 8.01 Å². The first kappa shape index (κ1) is 9.18. The first-order chi connectivity index (χ1) is 5.70. The molecule has 0 radical (unpaired) electrons. The average molecular weight is 282 g/mol. The molecule has 1 atom stereocenters. The van der Waals surface area contributed by atoms with E-state index < -0.39 is 0 Å². The minimum atomic E-state index is 0.161. The van der Waals surface area contributed by atoms with Crippen LogP contribution in [0.15, 0.2) is 0 Å². The van der Waals surface area contributed by atoms with Crippen molar-refractivity contribution in [1.29, 1.82) is 0 Å². The lowest BCUT2D eigenvalue weighted by atomic mass is 10.0. The van der Waals surface area contributed by atoms with E-state index in [0.29, 0.717) is 0 Å². The monoisotopic (exact) mass is 282 g/mol. The Kier molecular flexibility index (Phi) is 2.60. The normalized spacial score (nSPS) is 39.5. The molecule has 0 aromatic carbocycles. The quantitative estimate of drug-likeness (QED) is 0.481. The summed E-state index contributed by atoms with van der Waals surface area (Å²) in [5, 5.41) is 0. The molecule has 1 spiro atoms. The van der Waals surface area contributed by atoms with Gasteiger partial charge in [-0.3, -0.25) is 0 Å². The predicted molar refractivity (Wildman–Crippen MR) is 56.4 cm³/mol. The van der Waals surface area contributed by atoms with Gasteiger partial charge >= 0.3 is 0 Å². The van der Waals surface area contributed by atoms with E-state index in [4.69, 9.17) is 4.74 Å². The van der Waals surface area contributed by atoms with Gasteiger partial charge in [-0.1, -0.05) is 0 Å². The van der Waals surface area contributed by atoms with Gasteiger partial charge in [-0.05, 0) is 13.5 Å². The van der Waals surface area contributed by atoms with Crippen LogP contribution in [0.25, 0.3) is 0 Å². The highest BCUT2D eigenvalue weighted by atomic mass is 127. The van der Waals surface area contributed by atoms with Gasteiger partial charge in [0.1, 0.15) is 0 Å². The average Bonchev–Trinajstić information content (AvgIpc) is 2.32. The Bertz CT molecular complexity index is 174. The largest absolute Gasteiger partial charge is 0.371 e. The summed E-state index contributed by atoms with van der Waals surface area (Å²) in [4.78, 5) is 2.37. The highest BCUT2D eigenvalue weighted by Gasteiger charge is 2.41. The molecule has 2 heterocycles. The van der Waals surface area contributed by atoms with Crippen molar-refractivity contribution in [2.24, 2.45) is 0 Å². The summed E-state index contributed by atoms with van der Waals surface area (Å²) in [5.41, 5.74) is 0.161. The summed E-state index contributed by atoms with van der Waals surface area (Å²) in [6.45, 7) is 5.36. The number of hydrogen-bond acceptors (Lipinski definition) is 3. The summed E-state index contributed by atoms with van der Waals surface area (Å²) >= 11 is 2.39. The first-order valence-electron chi connectivity index (χ1n) is 4.43. The standard InChI is InChI=1S/C8H15IN2O/c1-10-4-5-12-8(6-10)2-3-11(9)7-8/h2-7H2,1H3. The second kappa shape index (κ2) is 3.40. The summed E-state index contributed by atoms with van der Waals surface area (Å²) in [7, 11) is 2.18. The number of likely N-dealkylation sites (N-methyl/N-ethyl adjacent to an activating group) is 1. The van der Waals surface area contributed by atoms with Crippen molar-refractivity contribution in [3.05, 3.63) is 0 Å². The van der Waals surface area contributed by atoms with Gasteiger partial charge in [-0.2, -0.15) is 0 Å². The zero-order valence-electron chi connectivity index (χ0n) is 7.42. The van der Waals surface area contributed by atoms with Crippen LogP contribution in [0.5, 0.6) is 0 Å². The van der Waals surface area contributed by atoms with E-state index in [1.54, 1.807) is 0 Å². The molecule has 3 nitrogen and oxygen atoms in total. The van der Waals surface area contributed by atoms with E-state index in [1.807, 2.05) is 0 Å².